The fourth-order valence-corrected chi connectivity index (χ4v) is 3.46. The van der Waals surface area contributed by atoms with Crippen LogP contribution in [-0.4, -0.2) is 43.0 Å². The van der Waals surface area contributed by atoms with E-state index in [1.165, 1.54) is 25.7 Å². The third-order valence-corrected chi connectivity index (χ3v) is 4.87. The molecule has 2 heterocycles. The molecule has 0 aromatic carbocycles. The van der Waals surface area contributed by atoms with Crippen LogP contribution in [0.4, 0.5) is 0 Å². The molecule has 2 saturated heterocycles. The minimum Gasteiger partial charge on any atom is -0.378 e. The molecule has 2 atom stereocenters. The number of carbonyl (C=O) groups is 1. The second-order valence-corrected chi connectivity index (χ2v) is 6.31. The van der Waals surface area contributed by atoms with Crippen LogP contribution in [-0.2, 0) is 9.53 Å². The first kappa shape index (κ1) is 15.0. The number of morpholine rings is 1. The summed E-state index contributed by atoms with van der Waals surface area (Å²) in [6, 6.07) is 0.947. The van der Waals surface area contributed by atoms with Crippen LogP contribution < -0.4 is 0 Å². The molecule has 3 heteroatoms. The number of piperidine rings is 1. The Balaban J connectivity index is 1.71. The molecule has 19 heavy (non-hydrogen) atoms. The average molecular weight is 267 g/mol. The number of unbranched alkanes of at least 4 members (excludes halogenated alkanes) is 4. The topological polar surface area (TPSA) is 29.5 Å². The first-order chi connectivity index (χ1) is 9.22. The molecule has 0 radical (unpaired) electrons. The highest BCUT2D eigenvalue weighted by Gasteiger charge is 2.38. The van der Waals surface area contributed by atoms with Crippen LogP contribution in [0.5, 0.6) is 0 Å². The Kier molecular flexibility index (Phi) is 5.83. The Morgan fingerprint density at radius 1 is 1.11 bits per heavy atom. The molecule has 2 unspecified atom stereocenters. The zero-order chi connectivity index (χ0) is 13.7. The predicted octanol–water partition coefficient (Wildman–Crippen LogP) is 3.03. The van der Waals surface area contributed by atoms with Gasteiger partial charge in [-0.25, -0.2) is 0 Å². The van der Waals surface area contributed by atoms with Gasteiger partial charge in [-0.05, 0) is 26.3 Å². The highest BCUT2D eigenvalue weighted by Crippen LogP contribution is 2.31. The normalized spacial score (nSPS) is 31.4. The van der Waals surface area contributed by atoms with Crippen LogP contribution in [0.15, 0.2) is 0 Å². The molecule has 0 aromatic heterocycles. The van der Waals surface area contributed by atoms with E-state index in [1.54, 1.807) is 0 Å². The van der Waals surface area contributed by atoms with Crippen LogP contribution in [0.3, 0.4) is 0 Å². The molecule has 0 spiro atoms. The van der Waals surface area contributed by atoms with Crippen LogP contribution in [0, 0.1) is 5.92 Å². The van der Waals surface area contributed by atoms with Gasteiger partial charge in [0.1, 0.15) is 5.78 Å². The molecule has 0 saturated carbocycles. The van der Waals surface area contributed by atoms with E-state index in [-0.39, 0.29) is 0 Å². The molecule has 0 aromatic rings. The zero-order valence-electron chi connectivity index (χ0n) is 12.6. The van der Waals surface area contributed by atoms with Gasteiger partial charge in [0.15, 0.2) is 0 Å². The Bertz CT molecular complexity index is 278. The van der Waals surface area contributed by atoms with Gasteiger partial charge in [-0.3, -0.25) is 9.69 Å². The van der Waals surface area contributed by atoms with Gasteiger partial charge in [-0.15, -0.1) is 0 Å². The van der Waals surface area contributed by atoms with E-state index in [0.717, 1.165) is 38.9 Å². The summed E-state index contributed by atoms with van der Waals surface area (Å²) in [7, 11) is 2.18. The van der Waals surface area contributed by atoms with E-state index in [2.05, 4.69) is 18.9 Å². The number of fused-ring (bicyclic) bond motifs is 2. The average Bonchev–Trinajstić information content (AvgIpc) is 2.38. The minimum atomic E-state index is 0.307. The van der Waals surface area contributed by atoms with Crippen molar-refractivity contribution in [1.29, 1.82) is 0 Å². The summed E-state index contributed by atoms with van der Waals surface area (Å²) in [6.07, 6.45) is 9.02. The summed E-state index contributed by atoms with van der Waals surface area (Å²) in [6.45, 7) is 3.85. The van der Waals surface area contributed by atoms with Gasteiger partial charge >= 0.3 is 0 Å². The Hall–Kier alpha value is -0.410. The standard InChI is InChI=1S/C16H29NO2/c1-3-4-5-6-7-8-16(18)13-9-14-11-19-12-15(10-13)17(14)2/h13-15H,3-12H2,1-2H3. The fraction of sp³-hybridized carbons (Fsp3) is 0.938. The van der Waals surface area contributed by atoms with Gasteiger partial charge < -0.3 is 4.74 Å². The Morgan fingerprint density at radius 3 is 2.37 bits per heavy atom. The monoisotopic (exact) mass is 267 g/mol. The van der Waals surface area contributed by atoms with Crippen molar-refractivity contribution >= 4 is 5.78 Å². The van der Waals surface area contributed by atoms with E-state index in [1.807, 2.05) is 0 Å². The molecule has 0 N–H and O–H groups in total. The minimum absolute atomic E-state index is 0.307. The largest absolute Gasteiger partial charge is 0.378 e. The molecule has 2 rings (SSSR count). The highest BCUT2D eigenvalue weighted by atomic mass is 16.5. The van der Waals surface area contributed by atoms with Gasteiger partial charge in [0.2, 0.25) is 0 Å². The summed E-state index contributed by atoms with van der Waals surface area (Å²) in [4.78, 5) is 14.7. The van der Waals surface area contributed by atoms with E-state index in [9.17, 15) is 4.79 Å². The number of rotatable bonds is 7. The second-order valence-electron chi connectivity index (χ2n) is 6.31. The van der Waals surface area contributed by atoms with Gasteiger partial charge in [0.05, 0.1) is 13.2 Å². The van der Waals surface area contributed by atoms with Crippen LogP contribution in [0.1, 0.15) is 58.3 Å². The molecule has 3 nitrogen and oxygen atoms in total. The summed E-state index contributed by atoms with van der Waals surface area (Å²) < 4.78 is 5.61. The van der Waals surface area contributed by atoms with E-state index in [0.29, 0.717) is 23.8 Å². The van der Waals surface area contributed by atoms with E-state index >= 15 is 0 Å². The maximum atomic E-state index is 12.3. The molecule has 2 aliphatic rings. The Morgan fingerprint density at radius 2 is 1.74 bits per heavy atom. The highest BCUT2D eigenvalue weighted by molar-refractivity contribution is 5.81. The number of ketones is 1. The third-order valence-electron chi connectivity index (χ3n) is 4.87. The lowest BCUT2D eigenvalue weighted by molar-refractivity contribution is -0.131. The number of likely N-dealkylation sites (N-methyl/N-ethyl adjacent to an activating group) is 1. The summed E-state index contributed by atoms with van der Waals surface area (Å²) >= 11 is 0. The molecular weight excluding hydrogens is 238 g/mol. The lowest BCUT2D eigenvalue weighted by atomic mass is 9.81. The number of ether oxygens (including phenoxy) is 1. The van der Waals surface area contributed by atoms with Gasteiger partial charge in [0, 0.05) is 24.4 Å². The van der Waals surface area contributed by atoms with E-state index in [4.69, 9.17) is 4.74 Å². The molecular formula is C16H29NO2. The smallest absolute Gasteiger partial charge is 0.136 e. The first-order valence-electron chi connectivity index (χ1n) is 8.04. The molecule has 0 amide bonds. The van der Waals surface area contributed by atoms with Crippen molar-refractivity contribution < 1.29 is 9.53 Å². The van der Waals surface area contributed by atoms with Crippen molar-refractivity contribution in [2.75, 3.05) is 20.3 Å². The number of hydrogen-bond acceptors (Lipinski definition) is 3. The van der Waals surface area contributed by atoms with Crippen LogP contribution in [0.25, 0.3) is 0 Å². The van der Waals surface area contributed by atoms with E-state index < -0.39 is 0 Å². The third kappa shape index (κ3) is 4.03. The fourth-order valence-electron chi connectivity index (χ4n) is 3.46. The van der Waals surface area contributed by atoms with Gasteiger partial charge in [-0.1, -0.05) is 32.6 Å². The van der Waals surface area contributed by atoms with Crippen molar-refractivity contribution in [2.45, 2.75) is 70.4 Å². The lowest BCUT2D eigenvalue weighted by Gasteiger charge is -2.46. The van der Waals surface area contributed by atoms with Crippen molar-refractivity contribution in [3.8, 4) is 0 Å². The maximum Gasteiger partial charge on any atom is 0.136 e. The van der Waals surface area contributed by atoms with Crippen molar-refractivity contribution in [3.05, 3.63) is 0 Å². The number of Topliss-reactive ketones (excluding diaryl/α,β-unsaturated/α-hetero) is 1. The molecule has 2 aliphatic heterocycles. The van der Waals surface area contributed by atoms with Crippen LogP contribution in [0.2, 0.25) is 0 Å². The number of hydrogen-bond donors (Lipinski definition) is 0. The molecule has 2 bridgehead atoms. The molecule has 0 aliphatic carbocycles. The zero-order valence-corrected chi connectivity index (χ0v) is 12.6. The van der Waals surface area contributed by atoms with Gasteiger partial charge in [-0.2, -0.15) is 0 Å². The summed E-state index contributed by atoms with van der Waals surface area (Å²) in [5.41, 5.74) is 0. The van der Waals surface area contributed by atoms with Crippen molar-refractivity contribution in [2.24, 2.45) is 5.92 Å². The lowest BCUT2D eigenvalue weighted by Crippen LogP contribution is -2.55. The van der Waals surface area contributed by atoms with Gasteiger partial charge in [0.25, 0.3) is 0 Å². The summed E-state index contributed by atoms with van der Waals surface area (Å²) in [5, 5.41) is 0. The Labute approximate surface area is 117 Å². The molecule has 2 fully saturated rings. The predicted molar refractivity (Wildman–Crippen MR) is 77.3 cm³/mol. The number of carbonyl (C=O) groups excluding carboxylic acids is 1. The first-order valence-corrected chi connectivity index (χ1v) is 8.04. The quantitative estimate of drug-likeness (QED) is 0.664. The molecule has 110 valence electrons. The maximum absolute atomic E-state index is 12.3. The number of nitrogens with zero attached hydrogens (tertiary/aromatic N) is 1. The van der Waals surface area contributed by atoms with Crippen molar-refractivity contribution in [3.63, 3.8) is 0 Å². The van der Waals surface area contributed by atoms with Crippen molar-refractivity contribution in [1.82, 2.24) is 4.90 Å². The van der Waals surface area contributed by atoms with Crippen LogP contribution >= 0.6 is 0 Å². The summed E-state index contributed by atoms with van der Waals surface area (Å²) in [5.74, 6) is 0.822. The second kappa shape index (κ2) is 7.39. The SMILES string of the molecule is CCCCCCCC(=O)C1CC2COCC(C1)N2C.